The number of para-hydroxylation sites is 1. The number of thiazole rings is 1. The number of nitrogens with zero attached hydrogens (tertiary/aromatic N) is 1. The van der Waals surface area contributed by atoms with E-state index in [9.17, 15) is 9.90 Å². The van der Waals surface area contributed by atoms with Crippen LogP contribution in [0.4, 0.5) is 0 Å². The number of fused-ring (bicyclic) bond motifs is 1. The number of hydrogen-bond donors (Lipinski definition) is 2. The highest BCUT2D eigenvalue weighted by Gasteiger charge is 2.32. The van der Waals surface area contributed by atoms with Crippen molar-refractivity contribution in [2.45, 2.75) is 23.7 Å². The first-order valence-corrected chi connectivity index (χ1v) is 7.82. The van der Waals surface area contributed by atoms with E-state index in [0.717, 1.165) is 14.6 Å². The quantitative estimate of drug-likeness (QED) is 0.803. The second kappa shape index (κ2) is 5.90. The lowest BCUT2D eigenvalue weighted by Gasteiger charge is -2.24. The maximum absolute atomic E-state index is 11.3. The summed E-state index contributed by atoms with van der Waals surface area (Å²) < 4.78 is 2.04. The van der Waals surface area contributed by atoms with E-state index in [4.69, 9.17) is 0 Å². The van der Waals surface area contributed by atoms with Gasteiger partial charge in [0.25, 0.3) is 0 Å². The first-order valence-electron chi connectivity index (χ1n) is 6.02. The van der Waals surface area contributed by atoms with E-state index in [0.29, 0.717) is 12.3 Å². The highest BCUT2D eigenvalue weighted by molar-refractivity contribution is 8.01. The number of rotatable bonds is 6. The van der Waals surface area contributed by atoms with Gasteiger partial charge in [0, 0.05) is 5.75 Å². The Morgan fingerprint density at radius 3 is 2.89 bits per heavy atom. The Hall–Kier alpha value is -1.11. The smallest absolute Gasteiger partial charge is 0.324 e. The van der Waals surface area contributed by atoms with Gasteiger partial charge in [0.2, 0.25) is 0 Å². The number of likely N-dealkylation sites (N-methyl/N-ethyl adjacent to an activating group) is 1. The highest BCUT2D eigenvalue weighted by Crippen LogP contribution is 2.31. The molecule has 0 fully saturated rings. The van der Waals surface area contributed by atoms with Gasteiger partial charge in [-0.05, 0) is 25.6 Å². The molecule has 0 radical (unpaired) electrons. The molecule has 0 aliphatic carbocycles. The van der Waals surface area contributed by atoms with E-state index in [1.807, 2.05) is 31.2 Å². The summed E-state index contributed by atoms with van der Waals surface area (Å²) in [6.45, 7) is 4.24. The molecule has 0 bridgehead atoms. The summed E-state index contributed by atoms with van der Waals surface area (Å²) in [4.78, 5) is 15.8. The molecular formula is C13H16N2O2S2. The third-order valence-corrected chi connectivity index (χ3v) is 5.29. The van der Waals surface area contributed by atoms with Crippen molar-refractivity contribution in [3.63, 3.8) is 0 Å². The molecule has 2 rings (SSSR count). The average Bonchev–Trinajstić information content (AvgIpc) is 2.79. The molecule has 1 unspecified atom stereocenters. The first-order chi connectivity index (χ1) is 9.05. The topological polar surface area (TPSA) is 62.2 Å². The summed E-state index contributed by atoms with van der Waals surface area (Å²) in [6.07, 6.45) is 0. The fourth-order valence-electron chi connectivity index (χ4n) is 1.70. The summed E-state index contributed by atoms with van der Waals surface area (Å²) in [5.41, 5.74) is 0.0487. The van der Waals surface area contributed by atoms with Crippen LogP contribution in [0.3, 0.4) is 0 Å². The van der Waals surface area contributed by atoms with Crippen LogP contribution >= 0.6 is 23.1 Å². The average molecular weight is 296 g/mol. The van der Waals surface area contributed by atoms with Crippen LogP contribution in [-0.2, 0) is 4.79 Å². The molecule has 0 amide bonds. The van der Waals surface area contributed by atoms with Gasteiger partial charge in [-0.1, -0.05) is 30.8 Å². The van der Waals surface area contributed by atoms with Crippen molar-refractivity contribution >= 4 is 39.3 Å². The number of aliphatic carboxylic acids is 1. The molecule has 102 valence electrons. The zero-order valence-corrected chi connectivity index (χ0v) is 12.5. The van der Waals surface area contributed by atoms with Crippen molar-refractivity contribution in [3.05, 3.63) is 24.3 Å². The Kier molecular flexibility index (Phi) is 4.44. The maximum atomic E-state index is 11.3. The molecule has 1 atom stereocenters. The molecule has 2 aromatic rings. The van der Waals surface area contributed by atoms with Gasteiger partial charge in [0.15, 0.2) is 4.34 Å². The van der Waals surface area contributed by atoms with Crippen molar-refractivity contribution in [2.24, 2.45) is 0 Å². The monoisotopic (exact) mass is 296 g/mol. The fraction of sp³-hybridized carbons (Fsp3) is 0.385. The molecule has 1 aromatic carbocycles. The van der Waals surface area contributed by atoms with E-state index in [1.54, 1.807) is 18.3 Å². The van der Waals surface area contributed by atoms with Gasteiger partial charge < -0.3 is 10.4 Å². The number of carboxylic acid groups (broad SMARTS) is 1. The zero-order chi connectivity index (χ0) is 13.9. The van der Waals surface area contributed by atoms with Crippen molar-refractivity contribution in [1.29, 1.82) is 0 Å². The fourth-order valence-corrected chi connectivity index (χ4v) is 3.88. The number of thioether (sulfide) groups is 1. The van der Waals surface area contributed by atoms with Crippen LogP contribution in [0.5, 0.6) is 0 Å². The predicted molar refractivity (Wildman–Crippen MR) is 80.1 cm³/mol. The lowest BCUT2D eigenvalue weighted by molar-refractivity contribution is -0.143. The largest absolute Gasteiger partial charge is 0.480 e. The Morgan fingerprint density at radius 2 is 2.26 bits per heavy atom. The Labute approximate surface area is 120 Å². The van der Waals surface area contributed by atoms with Crippen LogP contribution in [0.25, 0.3) is 10.2 Å². The number of nitrogens with one attached hydrogen (secondary N) is 1. The third kappa shape index (κ3) is 3.26. The summed E-state index contributed by atoms with van der Waals surface area (Å²) in [5, 5.41) is 12.3. The van der Waals surface area contributed by atoms with Crippen molar-refractivity contribution < 1.29 is 9.90 Å². The van der Waals surface area contributed by atoms with Crippen LogP contribution < -0.4 is 5.32 Å². The number of aromatic nitrogens is 1. The molecule has 2 N–H and O–H groups in total. The molecule has 0 saturated heterocycles. The molecule has 0 spiro atoms. The number of hydrogen-bond acceptors (Lipinski definition) is 5. The minimum Gasteiger partial charge on any atom is -0.480 e. The zero-order valence-electron chi connectivity index (χ0n) is 10.8. The standard InChI is InChI=1S/C13H16N2O2S2/c1-3-14-13(2,11(16)17)8-18-12-15-9-6-4-5-7-10(9)19-12/h4-7,14H,3,8H2,1-2H3,(H,16,17). The summed E-state index contributed by atoms with van der Waals surface area (Å²) >= 11 is 3.08. The van der Waals surface area contributed by atoms with Crippen LogP contribution in [-0.4, -0.2) is 33.9 Å². The molecule has 4 nitrogen and oxygen atoms in total. The molecule has 0 aliphatic rings. The van der Waals surface area contributed by atoms with Gasteiger partial charge in [-0.2, -0.15) is 0 Å². The van der Waals surface area contributed by atoms with E-state index >= 15 is 0 Å². The van der Waals surface area contributed by atoms with Gasteiger partial charge in [-0.3, -0.25) is 4.79 Å². The number of carbonyl (C=O) groups is 1. The van der Waals surface area contributed by atoms with Gasteiger partial charge >= 0.3 is 5.97 Å². The Bertz CT molecular complexity index is 552. The van der Waals surface area contributed by atoms with Crippen molar-refractivity contribution in [3.8, 4) is 0 Å². The summed E-state index contributed by atoms with van der Waals surface area (Å²) in [5.74, 6) is -0.376. The van der Waals surface area contributed by atoms with Gasteiger partial charge in [-0.15, -0.1) is 11.3 Å². The maximum Gasteiger partial charge on any atom is 0.324 e. The van der Waals surface area contributed by atoms with E-state index in [-0.39, 0.29) is 0 Å². The van der Waals surface area contributed by atoms with Gasteiger partial charge in [0.05, 0.1) is 10.2 Å². The number of benzene rings is 1. The van der Waals surface area contributed by atoms with Crippen molar-refractivity contribution in [1.82, 2.24) is 10.3 Å². The normalized spacial score (nSPS) is 14.4. The van der Waals surface area contributed by atoms with E-state index < -0.39 is 11.5 Å². The van der Waals surface area contributed by atoms with E-state index in [2.05, 4.69) is 10.3 Å². The molecular weight excluding hydrogens is 280 g/mol. The van der Waals surface area contributed by atoms with E-state index in [1.165, 1.54) is 11.8 Å². The molecule has 6 heteroatoms. The molecule has 1 heterocycles. The Morgan fingerprint density at radius 1 is 1.53 bits per heavy atom. The highest BCUT2D eigenvalue weighted by atomic mass is 32.2. The van der Waals surface area contributed by atoms with Gasteiger partial charge in [-0.25, -0.2) is 4.98 Å². The van der Waals surface area contributed by atoms with Crippen molar-refractivity contribution in [2.75, 3.05) is 12.3 Å². The minimum atomic E-state index is -0.919. The van der Waals surface area contributed by atoms with Crippen LogP contribution in [0.1, 0.15) is 13.8 Å². The summed E-state index contributed by atoms with van der Waals surface area (Å²) in [6, 6.07) is 7.93. The molecule has 19 heavy (non-hydrogen) atoms. The predicted octanol–water partition coefficient (Wildman–Crippen LogP) is 2.84. The second-order valence-electron chi connectivity index (χ2n) is 4.40. The first kappa shape index (κ1) is 14.3. The van der Waals surface area contributed by atoms with Crippen LogP contribution in [0.2, 0.25) is 0 Å². The minimum absolute atomic E-state index is 0.454. The molecule has 0 saturated carbocycles. The SMILES string of the molecule is CCNC(C)(CSc1nc2ccccc2s1)C(=O)O. The number of carboxylic acids is 1. The third-order valence-electron chi connectivity index (χ3n) is 2.80. The molecule has 0 aliphatic heterocycles. The van der Waals surface area contributed by atoms with Gasteiger partial charge in [0.1, 0.15) is 5.54 Å². The molecule has 1 aromatic heterocycles. The summed E-state index contributed by atoms with van der Waals surface area (Å²) in [7, 11) is 0. The lowest BCUT2D eigenvalue weighted by Crippen LogP contribution is -2.51. The van der Waals surface area contributed by atoms with Crippen LogP contribution in [0.15, 0.2) is 28.6 Å². The lowest BCUT2D eigenvalue weighted by atomic mass is 10.1. The Balaban J connectivity index is 2.10. The second-order valence-corrected chi connectivity index (χ2v) is 6.66. The van der Waals surface area contributed by atoms with Crippen LogP contribution in [0, 0.1) is 0 Å².